The normalized spacial score (nSPS) is 18.7. The smallest absolute Gasteiger partial charge is 0.416 e. The molecule has 1 aromatic carbocycles. The third kappa shape index (κ3) is 5.64. The van der Waals surface area contributed by atoms with Crippen molar-refractivity contribution in [3.05, 3.63) is 70.4 Å². The molecule has 0 saturated carbocycles. The Morgan fingerprint density at radius 3 is 2.47 bits per heavy atom. The summed E-state index contributed by atoms with van der Waals surface area (Å²) < 4.78 is 65.7. The molecule has 0 spiro atoms. The van der Waals surface area contributed by atoms with Crippen molar-refractivity contribution in [2.75, 3.05) is 25.1 Å². The van der Waals surface area contributed by atoms with Crippen LogP contribution in [0.3, 0.4) is 0 Å². The predicted molar refractivity (Wildman–Crippen MR) is 156 cm³/mol. The summed E-state index contributed by atoms with van der Waals surface area (Å²) in [5, 5.41) is 7.26. The second-order valence-corrected chi connectivity index (χ2v) is 11.4. The van der Waals surface area contributed by atoms with Gasteiger partial charge in [0.05, 0.1) is 49.7 Å². The van der Waals surface area contributed by atoms with Crippen LogP contribution >= 0.6 is 0 Å². The van der Waals surface area contributed by atoms with E-state index in [0.717, 1.165) is 34.6 Å². The highest BCUT2D eigenvalue weighted by atomic mass is 19.4. The zero-order chi connectivity index (χ0) is 32.2. The first-order valence-corrected chi connectivity index (χ1v) is 14.3. The van der Waals surface area contributed by atoms with Crippen molar-refractivity contribution < 1.29 is 31.8 Å². The number of pyridine rings is 1. The molecule has 45 heavy (non-hydrogen) atoms. The Kier molecular flexibility index (Phi) is 7.61. The Morgan fingerprint density at radius 2 is 1.82 bits per heavy atom. The maximum Gasteiger partial charge on any atom is 0.416 e. The number of ether oxygens (including phenoxy) is 2. The van der Waals surface area contributed by atoms with Gasteiger partial charge in [-0.25, -0.2) is 24.1 Å². The molecule has 0 radical (unpaired) electrons. The largest absolute Gasteiger partial charge is 0.481 e. The molecular formula is C31H31F4N7O3. The van der Waals surface area contributed by atoms with Gasteiger partial charge in [-0.05, 0) is 51.5 Å². The molecule has 4 aromatic rings. The van der Waals surface area contributed by atoms with E-state index in [2.05, 4.69) is 20.2 Å². The number of aromatic nitrogens is 5. The molecule has 5 heterocycles. The highest BCUT2D eigenvalue weighted by Gasteiger charge is 2.42. The van der Waals surface area contributed by atoms with Crippen LogP contribution in [-0.4, -0.2) is 68.6 Å². The molecule has 1 amide bonds. The van der Waals surface area contributed by atoms with Crippen molar-refractivity contribution in [3.63, 3.8) is 0 Å². The van der Waals surface area contributed by atoms with E-state index in [1.165, 1.54) is 12.0 Å². The molecular weight excluding hydrogens is 594 g/mol. The lowest BCUT2D eigenvalue weighted by Gasteiger charge is -2.34. The maximum absolute atomic E-state index is 13.7. The standard InChI is InChI=1S/C31H31F4N7O3/c1-15-6-19(8-21(7-15)31(33,34)35)27-18(4)42(30(43)45-27)14-25-24(11-37-29(38-25)41-12-22(32)13-41)23-9-20(10-36-28(23)44-5)26-16(2)39-40-17(26)3/h6-11,18,22,27H,12-14H2,1-5H3,(H,39,40)/t18-,27-/m0/s1. The minimum absolute atomic E-state index is 0.0661. The third-order valence-corrected chi connectivity index (χ3v) is 8.19. The first-order valence-electron chi connectivity index (χ1n) is 14.3. The number of benzene rings is 1. The number of hydrogen-bond donors (Lipinski definition) is 1. The maximum atomic E-state index is 13.7. The van der Waals surface area contributed by atoms with Crippen LogP contribution < -0.4 is 9.64 Å². The van der Waals surface area contributed by atoms with Crippen LogP contribution in [0.4, 0.5) is 28.3 Å². The number of cyclic esters (lactones) is 1. The number of carbonyl (C=O) groups excluding carboxylic acids is 1. The first kappa shape index (κ1) is 30.3. The summed E-state index contributed by atoms with van der Waals surface area (Å²) in [5.74, 6) is 0.579. The summed E-state index contributed by atoms with van der Waals surface area (Å²) in [4.78, 5) is 30.1. The molecule has 236 valence electrons. The number of methoxy groups -OCH3 is 1. The van der Waals surface area contributed by atoms with Crippen LogP contribution in [0.15, 0.2) is 36.7 Å². The van der Waals surface area contributed by atoms with Gasteiger partial charge in [-0.2, -0.15) is 18.3 Å². The van der Waals surface area contributed by atoms with Gasteiger partial charge in [0, 0.05) is 40.3 Å². The van der Waals surface area contributed by atoms with E-state index < -0.39 is 36.2 Å². The van der Waals surface area contributed by atoms with Crippen molar-refractivity contribution in [1.29, 1.82) is 0 Å². The van der Waals surface area contributed by atoms with Crippen molar-refractivity contribution in [1.82, 2.24) is 30.0 Å². The number of rotatable bonds is 7. The number of aryl methyl sites for hydroxylation is 3. The fourth-order valence-corrected chi connectivity index (χ4v) is 5.87. The zero-order valence-corrected chi connectivity index (χ0v) is 25.2. The molecule has 2 fully saturated rings. The second kappa shape index (κ2) is 11.3. The Hall–Kier alpha value is -4.75. The molecule has 0 bridgehead atoms. The average molecular weight is 626 g/mol. The lowest BCUT2D eigenvalue weighted by molar-refractivity contribution is -0.137. The van der Waals surface area contributed by atoms with Gasteiger partial charge in [0.25, 0.3) is 0 Å². The Bertz CT molecular complexity index is 1750. The van der Waals surface area contributed by atoms with E-state index in [4.69, 9.17) is 14.5 Å². The Labute approximate surface area is 256 Å². The fraction of sp³-hybridized carbons (Fsp3) is 0.387. The summed E-state index contributed by atoms with van der Waals surface area (Å²) in [5.41, 5.74) is 4.56. The lowest BCUT2D eigenvalue weighted by Crippen LogP contribution is -2.49. The van der Waals surface area contributed by atoms with Crippen molar-refractivity contribution in [3.8, 4) is 28.1 Å². The molecule has 0 unspecified atom stereocenters. The second-order valence-electron chi connectivity index (χ2n) is 11.4. The molecule has 10 nitrogen and oxygen atoms in total. The number of anilines is 1. The van der Waals surface area contributed by atoms with E-state index in [-0.39, 0.29) is 37.0 Å². The van der Waals surface area contributed by atoms with Crippen LogP contribution in [0.2, 0.25) is 0 Å². The van der Waals surface area contributed by atoms with Gasteiger partial charge in [0.15, 0.2) is 0 Å². The first-order chi connectivity index (χ1) is 21.3. The molecule has 2 aliphatic heterocycles. The van der Waals surface area contributed by atoms with Gasteiger partial charge in [-0.1, -0.05) is 11.6 Å². The van der Waals surface area contributed by atoms with Crippen molar-refractivity contribution in [2.24, 2.45) is 0 Å². The Balaban J connectivity index is 1.40. The lowest BCUT2D eigenvalue weighted by atomic mass is 9.97. The summed E-state index contributed by atoms with van der Waals surface area (Å²) in [6.07, 6.45) is -3.94. The van der Waals surface area contributed by atoms with Crippen molar-refractivity contribution in [2.45, 2.75) is 58.7 Å². The van der Waals surface area contributed by atoms with Gasteiger partial charge < -0.3 is 14.4 Å². The predicted octanol–water partition coefficient (Wildman–Crippen LogP) is 6.12. The number of alkyl halides is 4. The van der Waals surface area contributed by atoms with Crippen LogP contribution in [0.25, 0.3) is 22.3 Å². The molecule has 6 rings (SSSR count). The van der Waals surface area contributed by atoms with Crippen LogP contribution in [0.1, 0.15) is 46.8 Å². The highest BCUT2D eigenvalue weighted by Crippen LogP contribution is 2.40. The number of halogens is 4. The molecule has 2 atom stereocenters. The summed E-state index contributed by atoms with van der Waals surface area (Å²) in [7, 11) is 1.48. The number of nitrogens with zero attached hydrogens (tertiary/aromatic N) is 6. The number of aromatic amines is 1. The van der Waals surface area contributed by atoms with E-state index in [0.29, 0.717) is 22.4 Å². The molecule has 2 aliphatic rings. The summed E-state index contributed by atoms with van der Waals surface area (Å²) in [6.45, 7) is 7.25. The molecule has 1 N–H and O–H groups in total. The van der Waals surface area contributed by atoms with Gasteiger partial charge in [-0.3, -0.25) is 10.00 Å². The Morgan fingerprint density at radius 1 is 1.07 bits per heavy atom. The molecule has 0 aliphatic carbocycles. The van der Waals surface area contributed by atoms with Crippen LogP contribution in [0, 0.1) is 20.8 Å². The average Bonchev–Trinajstić information content (AvgIpc) is 3.46. The van der Waals surface area contributed by atoms with Crippen LogP contribution in [-0.2, 0) is 17.5 Å². The van der Waals surface area contributed by atoms with Gasteiger partial charge in [0.2, 0.25) is 11.8 Å². The van der Waals surface area contributed by atoms with E-state index in [9.17, 15) is 22.4 Å². The third-order valence-electron chi connectivity index (χ3n) is 8.19. The van der Waals surface area contributed by atoms with E-state index >= 15 is 0 Å². The number of hydrogen-bond acceptors (Lipinski definition) is 8. The van der Waals surface area contributed by atoms with E-state index in [1.54, 1.807) is 37.2 Å². The number of amides is 1. The monoisotopic (exact) mass is 625 g/mol. The summed E-state index contributed by atoms with van der Waals surface area (Å²) in [6, 6.07) is 4.88. The minimum Gasteiger partial charge on any atom is -0.481 e. The van der Waals surface area contributed by atoms with Gasteiger partial charge in [0.1, 0.15) is 12.3 Å². The highest BCUT2D eigenvalue weighted by molar-refractivity contribution is 5.79. The SMILES string of the molecule is COc1ncc(-c2c(C)n[nH]c2C)cc1-c1cnc(N2CC(F)C2)nc1CN1C(=O)O[C@H](c2cc(C)cc(C(F)(F)F)c2)[C@@H]1C. The number of H-pyrrole nitrogens is 1. The number of carbonyl (C=O) groups is 1. The van der Waals surface area contributed by atoms with E-state index in [1.807, 2.05) is 19.9 Å². The fourth-order valence-electron chi connectivity index (χ4n) is 5.87. The molecule has 14 heteroatoms. The topological polar surface area (TPSA) is 109 Å². The van der Waals surface area contributed by atoms with Gasteiger partial charge >= 0.3 is 12.3 Å². The minimum atomic E-state index is -4.55. The van der Waals surface area contributed by atoms with Crippen molar-refractivity contribution >= 4 is 12.0 Å². The zero-order valence-electron chi connectivity index (χ0n) is 25.2. The number of nitrogens with one attached hydrogen (secondary N) is 1. The summed E-state index contributed by atoms with van der Waals surface area (Å²) >= 11 is 0. The molecule has 2 saturated heterocycles. The van der Waals surface area contributed by atoms with Crippen LogP contribution in [0.5, 0.6) is 5.88 Å². The van der Waals surface area contributed by atoms with Gasteiger partial charge in [-0.15, -0.1) is 0 Å². The molecule has 3 aromatic heterocycles. The quantitative estimate of drug-likeness (QED) is 0.245.